The summed E-state index contributed by atoms with van der Waals surface area (Å²) in [5.41, 5.74) is 10.4. The van der Waals surface area contributed by atoms with E-state index in [1.807, 2.05) is 31.4 Å². The van der Waals surface area contributed by atoms with Crippen molar-refractivity contribution < 1.29 is 13.4 Å². The number of nitrogens with zero attached hydrogens (tertiary/aromatic N) is 1. The molecule has 0 radical (unpaired) electrons. The molecule has 0 fully saturated rings. The molecule has 0 atom stereocenters. The number of rotatable bonds is 3. The lowest BCUT2D eigenvalue weighted by atomic mass is 9.89. The number of hydrogen-bond donors (Lipinski definition) is 0. The lowest BCUT2D eigenvalue weighted by molar-refractivity contribution is -0.660. The molecule has 1 aliphatic carbocycles. The van der Waals surface area contributed by atoms with Crippen molar-refractivity contribution in [3.05, 3.63) is 88.9 Å². The molecule has 3 aromatic carbocycles. The Labute approximate surface area is 199 Å². The van der Waals surface area contributed by atoms with Crippen LogP contribution in [0.25, 0.3) is 44.3 Å². The summed E-state index contributed by atoms with van der Waals surface area (Å²) in [5.74, 6) is 0.166. The Morgan fingerprint density at radius 3 is 2.44 bits per heavy atom. The maximum atomic E-state index is 15.5. The van der Waals surface area contributed by atoms with Crippen LogP contribution in [0.2, 0.25) is 0 Å². The van der Waals surface area contributed by atoms with Gasteiger partial charge < -0.3 is 4.42 Å². The number of furan rings is 1. The normalized spacial score (nSPS) is 13.4. The highest BCUT2D eigenvalue weighted by molar-refractivity contribution is 6.13. The van der Waals surface area contributed by atoms with Gasteiger partial charge in [0.25, 0.3) is 0 Å². The zero-order chi connectivity index (χ0) is 23.6. The highest BCUT2D eigenvalue weighted by atomic mass is 19.1. The summed E-state index contributed by atoms with van der Waals surface area (Å²) in [6, 6.07) is 18.3. The second kappa shape index (κ2) is 7.80. The van der Waals surface area contributed by atoms with E-state index in [2.05, 4.69) is 55.7 Å². The monoisotopic (exact) mass is 450 g/mol. The fraction of sp³-hybridized carbons (Fsp3) is 0.258. The molecule has 0 N–H and O–H groups in total. The average molecular weight is 451 g/mol. The fourth-order valence-electron chi connectivity index (χ4n) is 5.75. The van der Waals surface area contributed by atoms with Gasteiger partial charge in [-0.1, -0.05) is 38.1 Å². The molecule has 0 saturated carbocycles. The van der Waals surface area contributed by atoms with Crippen molar-refractivity contribution in [3.63, 3.8) is 0 Å². The Kier molecular flexibility index (Phi) is 4.84. The van der Waals surface area contributed by atoms with Crippen molar-refractivity contribution in [2.45, 2.75) is 46.0 Å². The molecule has 5 aromatic rings. The van der Waals surface area contributed by atoms with Crippen LogP contribution in [-0.2, 0) is 19.9 Å². The van der Waals surface area contributed by atoms with Crippen LogP contribution in [0, 0.1) is 12.7 Å². The van der Waals surface area contributed by atoms with Crippen LogP contribution in [0.5, 0.6) is 0 Å². The first-order valence-corrected chi connectivity index (χ1v) is 12.2. The first-order chi connectivity index (χ1) is 16.4. The number of hydrogen-bond acceptors (Lipinski definition) is 1. The standard InChI is InChI=1S/C31H29FNO/c1-18(2)25-17-21(16-20-8-7-9-22(20)25)29-26(32)14-13-24-23-12-11-19(3)28(30(23)34-31(24)29)27-10-5-6-15-33(27)4/h5-6,10-18H,7-9H2,1-4H3/q+1. The molecule has 0 spiro atoms. The summed E-state index contributed by atoms with van der Waals surface area (Å²) in [7, 11) is 2.04. The highest BCUT2D eigenvalue weighted by Gasteiger charge is 2.25. The molecule has 1 aliphatic rings. The highest BCUT2D eigenvalue weighted by Crippen LogP contribution is 2.43. The van der Waals surface area contributed by atoms with Gasteiger partial charge >= 0.3 is 0 Å². The zero-order valence-electron chi connectivity index (χ0n) is 20.2. The molecule has 34 heavy (non-hydrogen) atoms. The number of benzene rings is 3. The van der Waals surface area contributed by atoms with E-state index in [4.69, 9.17) is 4.42 Å². The maximum absolute atomic E-state index is 15.5. The Morgan fingerprint density at radius 2 is 1.68 bits per heavy atom. The molecule has 6 rings (SSSR count). The van der Waals surface area contributed by atoms with Crippen LogP contribution < -0.4 is 4.57 Å². The van der Waals surface area contributed by atoms with Crippen molar-refractivity contribution in [2.75, 3.05) is 0 Å². The first-order valence-electron chi connectivity index (χ1n) is 12.2. The lowest BCUT2D eigenvalue weighted by Crippen LogP contribution is -2.30. The van der Waals surface area contributed by atoms with Crippen LogP contribution >= 0.6 is 0 Å². The largest absolute Gasteiger partial charge is 0.454 e. The fourth-order valence-corrected chi connectivity index (χ4v) is 5.75. The van der Waals surface area contributed by atoms with Crippen LogP contribution in [0.4, 0.5) is 4.39 Å². The molecule has 3 heteroatoms. The number of halogens is 1. The lowest BCUT2D eigenvalue weighted by Gasteiger charge is -2.15. The third-order valence-corrected chi connectivity index (χ3v) is 7.44. The van der Waals surface area contributed by atoms with Gasteiger partial charge in [-0.05, 0) is 78.1 Å². The van der Waals surface area contributed by atoms with E-state index in [0.717, 1.165) is 51.6 Å². The van der Waals surface area contributed by atoms with Crippen molar-refractivity contribution >= 4 is 21.9 Å². The SMILES string of the molecule is Cc1ccc2c(oc3c(-c4cc5c(c(C(C)C)c4)CCC5)c(F)ccc32)c1-c1cccc[n+]1C. The molecule has 2 heterocycles. The van der Waals surface area contributed by atoms with E-state index in [1.165, 1.54) is 23.1 Å². The maximum Gasteiger partial charge on any atom is 0.216 e. The third-order valence-electron chi connectivity index (χ3n) is 7.44. The minimum atomic E-state index is -0.234. The summed E-state index contributed by atoms with van der Waals surface area (Å²) in [5, 5.41) is 1.98. The van der Waals surface area contributed by atoms with Crippen molar-refractivity contribution in [1.82, 2.24) is 0 Å². The Balaban J connectivity index is 1.68. The minimum absolute atomic E-state index is 0.234. The number of pyridine rings is 1. The topological polar surface area (TPSA) is 17.0 Å². The summed E-state index contributed by atoms with van der Waals surface area (Å²) in [6.45, 7) is 6.56. The first kappa shape index (κ1) is 21.1. The van der Waals surface area contributed by atoms with E-state index >= 15 is 4.39 Å². The van der Waals surface area contributed by atoms with Gasteiger partial charge in [-0.3, -0.25) is 0 Å². The third kappa shape index (κ3) is 3.10. The van der Waals surface area contributed by atoms with E-state index in [0.29, 0.717) is 17.1 Å². The molecular weight excluding hydrogens is 421 g/mol. The van der Waals surface area contributed by atoms with Gasteiger partial charge in [0.05, 0.1) is 11.1 Å². The van der Waals surface area contributed by atoms with Crippen LogP contribution in [-0.4, -0.2) is 0 Å². The Morgan fingerprint density at radius 1 is 0.912 bits per heavy atom. The molecular formula is C31H29FNO+. The second-order valence-electron chi connectivity index (χ2n) is 9.94. The van der Waals surface area contributed by atoms with Gasteiger partial charge in [0.15, 0.2) is 6.20 Å². The van der Waals surface area contributed by atoms with E-state index in [1.54, 1.807) is 6.07 Å². The minimum Gasteiger partial charge on any atom is -0.454 e. The number of aryl methyl sites for hydroxylation is 3. The second-order valence-corrected chi connectivity index (χ2v) is 9.94. The van der Waals surface area contributed by atoms with Gasteiger partial charge in [0, 0.05) is 22.9 Å². The van der Waals surface area contributed by atoms with Crippen molar-refractivity contribution in [3.8, 4) is 22.4 Å². The summed E-state index contributed by atoms with van der Waals surface area (Å²) < 4.78 is 24.2. The zero-order valence-corrected chi connectivity index (χ0v) is 20.2. The molecule has 170 valence electrons. The average Bonchev–Trinajstić information content (AvgIpc) is 3.43. The van der Waals surface area contributed by atoms with Crippen LogP contribution in [0.15, 0.2) is 65.2 Å². The molecule has 0 saturated heterocycles. The number of fused-ring (bicyclic) bond motifs is 4. The van der Waals surface area contributed by atoms with Crippen LogP contribution in [0.3, 0.4) is 0 Å². The molecule has 2 aromatic heterocycles. The quantitative estimate of drug-likeness (QED) is 0.256. The van der Waals surface area contributed by atoms with E-state index < -0.39 is 0 Å². The Hall–Kier alpha value is -3.46. The van der Waals surface area contributed by atoms with Crippen LogP contribution in [0.1, 0.15) is 48.4 Å². The van der Waals surface area contributed by atoms with Gasteiger partial charge in [-0.15, -0.1) is 0 Å². The molecule has 0 unspecified atom stereocenters. The summed E-state index contributed by atoms with van der Waals surface area (Å²) in [6.07, 6.45) is 5.40. The predicted octanol–water partition coefficient (Wildman–Crippen LogP) is 7.80. The Bertz CT molecular complexity index is 1590. The molecule has 0 aliphatic heterocycles. The molecule has 0 bridgehead atoms. The number of aromatic nitrogens is 1. The smallest absolute Gasteiger partial charge is 0.216 e. The van der Waals surface area contributed by atoms with E-state index in [9.17, 15) is 0 Å². The van der Waals surface area contributed by atoms with Crippen molar-refractivity contribution in [1.29, 1.82) is 0 Å². The predicted molar refractivity (Wildman–Crippen MR) is 137 cm³/mol. The van der Waals surface area contributed by atoms with Crippen molar-refractivity contribution in [2.24, 2.45) is 7.05 Å². The molecule has 2 nitrogen and oxygen atoms in total. The van der Waals surface area contributed by atoms with Gasteiger partial charge in [0.2, 0.25) is 5.69 Å². The molecule has 0 amide bonds. The summed E-state index contributed by atoms with van der Waals surface area (Å²) in [4.78, 5) is 0. The van der Waals surface area contributed by atoms with Gasteiger partial charge in [-0.2, -0.15) is 0 Å². The van der Waals surface area contributed by atoms with Gasteiger partial charge in [0.1, 0.15) is 24.0 Å². The van der Waals surface area contributed by atoms with E-state index in [-0.39, 0.29) is 5.82 Å². The van der Waals surface area contributed by atoms with Gasteiger partial charge in [-0.25, -0.2) is 8.96 Å². The summed E-state index contributed by atoms with van der Waals surface area (Å²) >= 11 is 0.